The molecule has 4 aromatic rings. The number of benzene rings is 3. The molecule has 4 rings (SSSR count). The number of nitrogen functional groups attached to an aromatic ring is 1. The molecule has 1 aromatic heterocycles. The summed E-state index contributed by atoms with van der Waals surface area (Å²) in [5.74, 6) is 0.855. The molecular formula is C30H40N4. The number of hydrogen-bond donors (Lipinski definition) is 3. The smallest absolute Gasteiger partial charge is 0.138 e. The van der Waals surface area contributed by atoms with Crippen LogP contribution in [0.4, 0.5) is 17.2 Å². The Hall–Kier alpha value is -3.81. The number of rotatable bonds is 3. The van der Waals surface area contributed by atoms with Gasteiger partial charge in [0.1, 0.15) is 5.82 Å². The van der Waals surface area contributed by atoms with Crippen LogP contribution in [0.15, 0.2) is 79.0 Å². The van der Waals surface area contributed by atoms with Gasteiger partial charge in [0.25, 0.3) is 0 Å². The third kappa shape index (κ3) is 8.97. The zero-order chi connectivity index (χ0) is 25.9. The van der Waals surface area contributed by atoms with E-state index in [-0.39, 0.29) is 0 Å². The summed E-state index contributed by atoms with van der Waals surface area (Å²) < 4.78 is 0. The van der Waals surface area contributed by atoms with Crippen LogP contribution in [-0.4, -0.2) is 11.5 Å². The second kappa shape index (κ2) is 17.7. The molecule has 34 heavy (non-hydrogen) atoms. The Morgan fingerprint density at radius 3 is 2.06 bits per heavy atom. The number of fused-ring (bicyclic) bond motifs is 1. The second-order valence-electron chi connectivity index (χ2n) is 6.59. The molecule has 0 saturated carbocycles. The minimum Gasteiger partial charge on any atom is -0.399 e. The lowest BCUT2D eigenvalue weighted by Gasteiger charge is -2.12. The van der Waals surface area contributed by atoms with Crippen LogP contribution in [0.2, 0.25) is 0 Å². The van der Waals surface area contributed by atoms with Crippen molar-refractivity contribution in [2.45, 2.75) is 41.5 Å². The number of anilines is 3. The Morgan fingerprint density at radius 2 is 1.44 bits per heavy atom. The molecule has 0 atom stereocenters. The lowest BCUT2D eigenvalue weighted by atomic mass is 9.98. The summed E-state index contributed by atoms with van der Waals surface area (Å²) in [7, 11) is 0. The van der Waals surface area contributed by atoms with Crippen LogP contribution in [0, 0.1) is 19.8 Å². The largest absolute Gasteiger partial charge is 0.399 e. The van der Waals surface area contributed by atoms with Gasteiger partial charge < -0.3 is 16.8 Å². The molecular weight excluding hydrogens is 416 g/mol. The van der Waals surface area contributed by atoms with Crippen LogP contribution in [0.5, 0.6) is 0 Å². The fraction of sp³-hybridized carbons (Fsp3) is 0.233. The van der Waals surface area contributed by atoms with Crippen molar-refractivity contribution in [2.75, 3.05) is 17.6 Å². The highest BCUT2D eigenvalue weighted by Crippen LogP contribution is 2.33. The Bertz CT molecular complexity index is 1120. The third-order valence-electron chi connectivity index (χ3n) is 4.28. The lowest BCUT2D eigenvalue weighted by Crippen LogP contribution is -1.95. The first kappa shape index (κ1) is 30.2. The van der Waals surface area contributed by atoms with Crippen molar-refractivity contribution < 1.29 is 0 Å². The van der Waals surface area contributed by atoms with Crippen molar-refractivity contribution in [3.63, 3.8) is 0 Å². The van der Waals surface area contributed by atoms with E-state index in [1.165, 1.54) is 5.56 Å². The van der Waals surface area contributed by atoms with Crippen molar-refractivity contribution in [3.8, 4) is 24.0 Å². The predicted octanol–water partition coefficient (Wildman–Crippen LogP) is 7.80. The lowest BCUT2D eigenvalue weighted by molar-refractivity contribution is 1.14. The first-order chi connectivity index (χ1) is 16.6. The summed E-state index contributed by atoms with van der Waals surface area (Å²) in [5.41, 5.74) is 16.1. The van der Waals surface area contributed by atoms with E-state index in [1.807, 2.05) is 65.1 Å². The molecule has 1 heterocycles. The van der Waals surface area contributed by atoms with Crippen LogP contribution in [0.1, 0.15) is 40.2 Å². The average molecular weight is 457 g/mol. The van der Waals surface area contributed by atoms with Gasteiger partial charge in [0, 0.05) is 23.0 Å². The Morgan fingerprint density at radius 1 is 0.824 bits per heavy atom. The van der Waals surface area contributed by atoms with Gasteiger partial charge in [-0.1, -0.05) is 77.1 Å². The fourth-order valence-electron chi connectivity index (χ4n) is 3.12. The van der Waals surface area contributed by atoms with Gasteiger partial charge in [-0.2, -0.15) is 0 Å². The molecule has 0 radical (unpaired) electrons. The van der Waals surface area contributed by atoms with E-state index in [1.54, 1.807) is 0 Å². The summed E-state index contributed by atoms with van der Waals surface area (Å²) in [4.78, 5) is 4.55. The van der Waals surface area contributed by atoms with Crippen molar-refractivity contribution in [2.24, 2.45) is 5.73 Å². The highest BCUT2D eigenvalue weighted by Gasteiger charge is 2.08. The van der Waals surface area contributed by atoms with Crippen molar-refractivity contribution in [1.82, 2.24) is 4.98 Å². The van der Waals surface area contributed by atoms with Gasteiger partial charge in [-0.3, -0.25) is 0 Å². The zero-order valence-corrected chi connectivity index (χ0v) is 21.5. The SMILES string of the molecule is C#C.CC.CC.CCN.Cc1cccc(Nc2nccc3c(-c4cccc(N)c4)cccc23)c1. The molecule has 0 amide bonds. The monoisotopic (exact) mass is 456 g/mol. The Balaban J connectivity index is 0.00000108. The van der Waals surface area contributed by atoms with E-state index in [0.29, 0.717) is 0 Å². The number of aryl methyl sites for hydroxylation is 1. The van der Waals surface area contributed by atoms with Gasteiger partial charge in [-0.05, 0) is 65.9 Å². The first-order valence-electron chi connectivity index (χ1n) is 11.7. The van der Waals surface area contributed by atoms with Gasteiger partial charge in [0.2, 0.25) is 0 Å². The molecule has 180 valence electrons. The van der Waals surface area contributed by atoms with Gasteiger partial charge in [-0.15, -0.1) is 12.8 Å². The normalized spacial score (nSPS) is 8.85. The molecule has 0 unspecified atom stereocenters. The number of hydrogen-bond acceptors (Lipinski definition) is 4. The standard InChI is InChI=1S/C22H19N3.C2H7N.2C2H6.C2H2/c1-15-5-2-8-18(13-15)25-22-21-10-4-9-19(20(21)11-12-24-22)16-6-3-7-17(23)14-16;1-2-3;3*1-2/h2-14H,23H2,1H3,(H,24,25);2-3H2,1H3;2*1-2H3;1-2H. The van der Waals surface area contributed by atoms with Crippen molar-refractivity contribution in [3.05, 3.63) is 84.6 Å². The molecule has 4 nitrogen and oxygen atoms in total. The van der Waals surface area contributed by atoms with Crippen LogP contribution in [0.25, 0.3) is 21.9 Å². The topological polar surface area (TPSA) is 77.0 Å². The summed E-state index contributed by atoms with van der Waals surface area (Å²) in [6.07, 6.45) is 9.84. The number of nitrogens with two attached hydrogens (primary N) is 2. The average Bonchev–Trinajstić information content (AvgIpc) is 2.88. The van der Waals surface area contributed by atoms with Crippen LogP contribution < -0.4 is 16.8 Å². The molecule has 3 aromatic carbocycles. The Labute approximate surface area is 206 Å². The number of pyridine rings is 1. The molecule has 4 heteroatoms. The van der Waals surface area contributed by atoms with Gasteiger partial charge in [0.15, 0.2) is 0 Å². The van der Waals surface area contributed by atoms with Gasteiger partial charge >= 0.3 is 0 Å². The van der Waals surface area contributed by atoms with Gasteiger partial charge in [-0.25, -0.2) is 4.98 Å². The first-order valence-corrected chi connectivity index (χ1v) is 11.7. The van der Waals surface area contributed by atoms with Crippen LogP contribution >= 0.6 is 0 Å². The Kier molecular flexibility index (Phi) is 15.7. The number of aromatic nitrogens is 1. The summed E-state index contributed by atoms with van der Waals surface area (Å²) in [6.45, 7) is 12.7. The fourth-order valence-corrected chi connectivity index (χ4v) is 3.12. The van der Waals surface area contributed by atoms with E-state index in [9.17, 15) is 0 Å². The minimum absolute atomic E-state index is 0.750. The zero-order valence-electron chi connectivity index (χ0n) is 21.5. The van der Waals surface area contributed by atoms with E-state index in [2.05, 4.69) is 78.6 Å². The summed E-state index contributed by atoms with van der Waals surface area (Å²) in [6, 6.07) is 24.6. The molecule has 0 aliphatic rings. The van der Waals surface area contributed by atoms with Crippen LogP contribution in [0.3, 0.4) is 0 Å². The molecule has 0 fully saturated rings. The molecule has 0 aliphatic heterocycles. The van der Waals surface area contributed by atoms with Crippen LogP contribution in [-0.2, 0) is 0 Å². The maximum absolute atomic E-state index is 5.96. The summed E-state index contributed by atoms with van der Waals surface area (Å²) >= 11 is 0. The van der Waals surface area contributed by atoms with Gasteiger partial charge in [0.05, 0.1) is 0 Å². The minimum atomic E-state index is 0.750. The highest BCUT2D eigenvalue weighted by molar-refractivity contribution is 6.02. The molecule has 0 spiro atoms. The molecule has 0 saturated heterocycles. The molecule has 0 bridgehead atoms. The quantitative estimate of drug-likeness (QED) is 0.217. The summed E-state index contributed by atoms with van der Waals surface area (Å²) in [5, 5.41) is 5.68. The predicted molar refractivity (Wildman–Crippen MR) is 153 cm³/mol. The highest BCUT2D eigenvalue weighted by atomic mass is 15.0. The van der Waals surface area contributed by atoms with Crippen molar-refractivity contribution in [1.29, 1.82) is 0 Å². The molecule has 0 aliphatic carbocycles. The van der Waals surface area contributed by atoms with E-state index < -0.39 is 0 Å². The second-order valence-corrected chi connectivity index (χ2v) is 6.59. The van der Waals surface area contributed by atoms with E-state index >= 15 is 0 Å². The number of nitrogens with one attached hydrogen (secondary N) is 1. The van der Waals surface area contributed by atoms with E-state index in [4.69, 9.17) is 11.5 Å². The maximum Gasteiger partial charge on any atom is 0.138 e. The third-order valence-corrected chi connectivity index (χ3v) is 4.28. The van der Waals surface area contributed by atoms with Crippen molar-refractivity contribution >= 4 is 28.0 Å². The maximum atomic E-state index is 5.96. The number of nitrogens with zero attached hydrogens (tertiary/aromatic N) is 1. The number of terminal acetylenes is 1. The van der Waals surface area contributed by atoms with E-state index in [0.717, 1.165) is 45.6 Å². The molecule has 5 N–H and O–H groups in total.